The summed E-state index contributed by atoms with van der Waals surface area (Å²) in [5.74, 6) is 0.270. The standard InChI is InChI=1S/C16H25BN2O3/c1-11-10-18-19(12-8-6-7-9-13(12)20)14(11)17-21-15(2,3)16(4,5)22-17/h10,12H,6-9H2,1-5H3. The van der Waals surface area contributed by atoms with Crippen LogP contribution >= 0.6 is 0 Å². The molecule has 120 valence electrons. The number of Topliss-reactive ketones (excluding diaryl/α,β-unsaturated/α-hetero) is 1. The minimum Gasteiger partial charge on any atom is -0.398 e. The van der Waals surface area contributed by atoms with Gasteiger partial charge in [-0.15, -0.1) is 0 Å². The molecule has 0 N–H and O–H groups in total. The van der Waals surface area contributed by atoms with Crippen molar-refractivity contribution in [3.8, 4) is 0 Å². The molecule has 1 saturated heterocycles. The fourth-order valence-electron chi connectivity index (χ4n) is 3.18. The number of carbonyl (C=O) groups is 1. The molecule has 1 aliphatic heterocycles. The molecule has 1 aromatic rings. The van der Waals surface area contributed by atoms with Crippen molar-refractivity contribution in [3.05, 3.63) is 11.8 Å². The summed E-state index contributed by atoms with van der Waals surface area (Å²) < 4.78 is 14.2. The van der Waals surface area contributed by atoms with Gasteiger partial charge in [0.2, 0.25) is 0 Å². The molecule has 0 bridgehead atoms. The monoisotopic (exact) mass is 304 g/mol. The Kier molecular flexibility index (Phi) is 3.72. The van der Waals surface area contributed by atoms with E-state index in [0.29, 0.717) is 6.42 Å². The SMILES string of the molecule is Cc1cnn(C2CCCCC2=O)c1B1OC(C)(C)C(C)(C)O1. The summed E-state index contributed by atoms with van der Waals surface area (Å²) in [4.78, 5) is 12.3. The normalized spacial score (nSPS) is 27.4. The van der Waals surface area contributed by atoms with Crippen molar-refractivity contribution in [1.82, 2.24) is 9.78 Å². The third kappa shape index (κ3) is 2.42. The second-order valence-corrected chi connectivity index (χ2v) is 7.47. The van der Waals surface area contributed by atoms with Crippen molar-refractivity contribution in [1.29, 1.82) is 0 Å². The van der Waals surface area contributed by atoms with E-state index >= 15 is 0 Å². The van der Waals surface area contributed by atoms with Gasteiger partial charge in [-0.05, 0) is 53.0 Å². The first-order chi connectivity index (χ1) is 10.2. The van der Waals surface area contributed by atoms with E-state index in [9.17, 15) is 4.79 Å². The third-order valence-electron chi connectivity index (χ3n) is 5.32. The topological polar surface area (TPSA) is 53.4 Å². The van der Waals surface area contributed by atoms with E-state index in [1.807, 2.05) is 45.5 Å². The van der Waals surface area contributed by atoms with Gasteiger partial charge in [0, 0.05) is 6.42 Å². The van der Waals surface area contributed by atoms with E-state index in [-0.39, 0.29) is 11.8 Å². The smallest absolute Gasteiger partial charge is 0.398 e. The van der Waals surface area contributed by atoms with Gasteiger partial charge in [0.15, 0.2) is 5.78 Å². The molecule has 2 fully saturated rings. The third-order valence-corrected chi connectivity index (χ3v) is 5.32. The van der Waals surface area contributed by atoms with Crippen LogP contribution in [-0.4, -0.2) is 33.9 Å². The van der Waals surface area contributed by atoms with Crippen LogP contribution in [0.4, 0.5) is 0 Å². The highest BCUT2D eigenvalue weighted by Crippen LogP contribution is 2.37. The first-order valence-corrected chi connectivity index (χ1v) is 8.15. The largest absolute Gasteiger partial charge is 0.514 e. The first kappa shape index (κ1) is 15.7. The number of rotatable bonds is 2. The molecular weight excluding hydrogens is 279 g/mol. The molecule has 0 aromatic carbocycles. The average molecular weight is 304 g/mol. The van der Waals surface area contributed by atoms with E-state index in [1.165, 1.54) is 0 Å². The molecule has 6 heteroatoms. The summed E-state index contributed by atoms with van der Waals surface area (Å²) in [6.07, 6.45) is 5.36. The lowest BCUT2D eigenvalue weighted by atomic mass is 9.81. The predicted octanol–water partition coefficient (Wildman–Crippen LogP) is 2.17. The van der Waals surface area contributed by atoms with Gasteiger partial charge in [-0.3, -0.25) is 9.48 Å². The molecule has 1 saturated carbocycles. The molecule has 1 atom stereocenters. The maximum atomic E-state index is 12.3. The molecule has 22 heavy (non-hydrogen) atoms. The van der Waals surface area contributed by atoms with Gasteiger partial charge in [0.1, 0.15) is 6.04 Å². The molecule has 1 aliphatic carbocycles. The van der Waals surface area contributed by atoms with Gasteiger partial charge < -0.3 is 9.31 Å². The zero-order valence-electron chi connectivity index (χ0n) is 14.2. The molecule has 2 heterocycles. The van der Waals surface area contributed by atoms with Gasteiger partial charge in [-0.2, -0.15) is 5.10 Å². The molecule has 0 radical (unpaired) electrons. The van der Waals surface area contributed by atoms with Crippen molar-refractivity contribution in [3.63, 3.8) is 0 Å². The Balaban J connectivity index is 1.95. The fourth-order valence-corrected chi connectivity index (χ4v) is 3.18. The number of hydrogen-bond acceptors (Lipinski definition) is 4. The number of nitrogens with zero attached hydrogens (tertiary/aromatic N) is 2. The minimum absolute atomic E-state index is 0.170. The average Bonchev–Trinajstić information content (AvgIpc) is 2.88. The van der Waals surface area contributed by atoms with E-state index in [1.54, 1.807) is 0 Å². The number of carbonyl (C=O) groups excluding carboxylic acids is 1. The molecule has 2 aliphatic rings. The quantitative estimate of drug-likeness (QED) is 0.786. The lowest BCUT2D eigenvalue weighted by Crippen LogP contribution is -2.44. The van der Waals surface area contributed by atoms with Crippen LogP contribution in [0.25, 0.3) is 0 Å². The highest BCUT2D eigenvalue weighted by molar-refractivity contribution is 6.61. The van der Waals surface area contributed by atoms with Crippen molar-refractivity contribution < 1.29 is 14.1 Å². The summed E-state index contributed by atoms with van der Waals surface area (Å²) in [6, 6.07) is -0.170. The molecule has 0 spiro atoms. The first-order valence-electron chi connectivity index (χ1n) is 8.15. The number of hydrogen-bond donors (Lipinski definition) is 0. The lowest BCUT2D eigenvalue weighted by Gasteiger charge is -2.32. The Morgan fingerprint density at radius 1 is 1.23 bits per heavy atom. The van der Waals surface area contributed by atoms with Gasteiger partial charge in [0.05, 0.1) is 23.0 Å². The maximum Gasteiger partial charge on any atom is 0.514 e. The Labute approximate surface area is 132 Å². The molecule has 3 rings (SSSR count). The van der Waals surface area contributed by atoms with Crippen LogP contribution in [0.5, 0.6) is 0 Å². The van der Waals surface area contributed by atoms with Gasteiger partial charge in [-0.25, -0.2) is 0 Å². The maximum absolute atomic E-state index is 12.3. The second kappa shape index (κ2) is 5.20. The summed E-state index contributed by atoms with van der Waals surface area (Å²) in [5, 5.41) is 4.47. The number of aryl methyl sites for hydroxylation is 1. The summed E-state index contributed by atoms with van der Waals surface area (Å²) in [5.41, 5.74) is 1.11. The molecular formula is C16H25BN2O3. The predicted molar refractivity (Wildman–Crippen MR) is 85.2 cm³/mol. The Hall–Kier alpha value is -1.14. The van der Waals surface area contributed by atoms with Gasteiger partial charge >= 0.3 is 7.12 Å². The zero-order chi connectivity index (χ0) is 16.1. The number of aromatic nitrogens is 2. The highest BCUT2D eigenvalue weighted by Gasteiger charge is 2.53. The van der Waals surface area contributed by atoms with Crippen LogP contribution in [-0.2, 0) is 14.1 Å². The second-order valence-electron chi connectivity index (χ2n) is 7.47. The van der Waals surface area contributed by atoms with Crippen molar-refractivity contribution >= 4 is 18.5 Å². The molecule has 0 amide bonds. The Morgan fingerprint density at radius 3 is 2.45 bits per heavy atom. The van der Waals surface area contributed by atoms with Crippen LogP contribution in [0.15, 0.2) is 6.20 Å². The van der Waals surface area contributed by atoms with Gasteiger partial charge in [0.25, 0.3) is 0 Å². The summed E-state index contributed by atoms with van der Waals surface area (Å²) in [7, 11) is -0.470. The van der Waals surface area contributed by atoms with Crippen LogP contribution in [0.1, 0.15) is 65.0 Å². The fraction of sp³-hybridized carbons (Fsp3) is 0.750. The van der Waals surface area contributed by atoms with Crippen LogP contribution in [0.2, 0.25) is 0 Å². The molecule has 1 unspecified atom stereocenters. The van der Waals surface area contributed by atoms with E-state index in [0.717, 1.165) is 30.4 Å². The number of ketones is 1. The summed E-state index contributed by atoms with van der Waals surface area (Å²) >= 11 is 0. The van der Waals surface area contributed by atoms with Crippen LogP contribution < -0.4 is 5.59 Å². The lowest BCUT2D eigenvalue weighted by molar-refractivity contribution is -0.124. The summed E-state index contributed by atoms with van der Waals surface area (Å²) in [6.45, 7) is 10.1. The molecule has 5 nitrogen and oxygen atoms in total. The van der Waals surface area contributed by atoms with Gasteiger partial charge in [-0.1, -0.05) is 6.42 Å². The van der Waals surface area contributed by atoms with E-state index in [4.69, 9.17) is 9.31 Å². The molecule has 1 aromatic heterocycles. The van der Waals surface area contributed by atoms with Crippen molar-refractivity contribution in [2.45, 2.75) is 77.5 Å². The van der Waals surface area contributed by atoms with Crippen molar-refractivity contribution in [2.24, 2.45) is 0 Å². The van der Waals surface area contributed by atoms with Crippen LogP contribution in [0.3, 0.4) is 0 Å². The van der Waals surface area contributed by atoms with Crippen LogP contribution in [0, 0.1) is 6.92 Å². The highest BCUT2D eigenvalue weighted by atomic mass is 16.7. The van der Waals surface area contributed by atoms with E-state index < -0.39 is 18.3 Å². The van der Waals surface area contributed by atoms with E-state index in [2.05, 4.69) is 5.10 Å². The Bertz CT molecular complexity index is 578. The van der Waals surface area contributed by atoms with Crippen molar-refractivity contribution in [2.75, 3.05) is 0 Å². The minimum atomic E-state index is -0.470. The zero-order valence-corrected chi connectivity index (χ0v) is 14.2. The Morgan fingerprint density at radius 2 is 1.86 bits per heavy atom.